The Bertz CT molecular complexity index is 613. The first-order chi connectivity index (χ1) is 9.52. The maximum Gasteiger partial charge on any atom is 0.224 e. The van der Waals surface area contributed by atoms with Gasteiger partial charge in [-0.15, -0.1) is 0 Å². The fraction of sp³-hybridized carbons (Fsp3) is 0.333. The lowest BCUT2D eigenvalue weighted by Gasteiger charge is -2.24. The van der Waals surface area contributed by atoms with Crippen LogP contribution in [0.1, 0.15) is 23.7 Å². The number of benzene rings is 1. The van der Waals surface area contributed by atoms with Gasteiger partial charge >= 0.3 is 0 Å². The Hall–Kier alpha value is -1.81. The van der Waals surface area contributed by atoms with Crippen molar-refractivity contribution in [2.45, 2.75) is 27.3 Å². The van der Waals surface area contributed by atoms with Gasteiger partial charge in [-0.25, -0.2) is 4.98 Å². The van der Waals surface area contributed by atoms with Crippen LogP contribution in [-0.4, -0.2) is 16.5 Å². The normalized spacial score (nSPS) is 10.6. The molecule has 2 rings (SSSR count). The summed E-state index contributed by atoms with van der Waals surface area (Å²) in [5, 5.41) is 0.231. The molecule has 0 radical (unpaired) electrons. The van der Waals surface area contributed by atoms with Gasteiger partial charge in [0.15, 0.2) is 5.82 Å². The highest BCUT2D eigenvalue weighted by Gasteiger charge is 2.15. The van der Waals surface area contributed by atoms with Crippen molar-refractivity contribution in [1.29, 1.82) is 0 Å². The Labute approximate surface area is 124 Å². The van der Waals surface area contributed by atoms with E-state index in [1.165, 1.54) is 11.1 Å². The highest BCUT2D eigenvalue weighted by molar-refractivity contribution is 6.28. The lowest BCUT2D eigenvalue weighted by atomic mass is 10.1. The van der Waals surface area contributed by atoms with Crippen molar-refractivity contribution in [2.24, 2.45) is 0 Å². The van der Waals surface area contributed by atoms with Crippen LogP contribution in [0.25, 0.3) is 0 Å². The first-order valence-corrected chi connectivity index (χ1v) is 6.99. The second-order valence-electron chi connectivity index (χ2n) is 4.76. The first-order valence-electron chi connectivity index (χ1n) is 6.62. The molecule has 0 fully saturated rings. The van der Waals surface area contributed by atoms with Crippen LogP contribution in [0.2, 0.25) is 5.28 Å². The van der Waals surface area contributed by atoms with Crippen LogP contribution in [0, 0.1) is 13.8 Å². The summed E-state index contributed by atoms with van der Waals surface area (Å²) < 4.78 is 0. The van der Waals surface area contributed by atoms with Gasteiger partial charge < -0.3 is 10.6 Å². The summed E-state index contributed by atoms with van der Waals surface area (Å²) in [6.45, 7) is 7.56. The van der Waals surface area contributed by atoms with Gasteiger partial charge in [0.25, 0.3) is 0 Å². The zero-order valence-electron chi connectivity index (χ0n) is 12.0. The fourth-order valence-electron chi connectivity index (χ4n) is 2.10. The van der Waals surface area contributed by atoms with Gasteiger partial charge in [0.1, 0.15) is 0 Å². The Balaban J connectivity index is 2.36. The van der Waals surface area contributed by atoms with Crippen LogP contribution in [0.15, 0.2) is 24.3 Å². The molecule has 20 heavy (non-hydrogen) atoms. The molecule has 1 aromatic heterocycles. The molecule has 106 valence electrons. The number of hydrogen-bond acceptors (Lipinski definition) is 4. The smallest absolute Gasteiger partial charge is 0.224 e. The van der Waals surface area contributed by atoms with Gasteiger partial charge in [0, 0.05) is 13.1 Å². The van der Waals surface area contributed by atoms with Crippen LogP contribution in [-0.2, 0) is 6.54 Å². The molecule has 0 atom stereocenters. The quantitative estimate of drug-likeness (QED) is 0.877. The summed E-state index contributed by atoms with van der Waals surface area (Å²) in [6, 6.07) is 8.29. The molecule has 1 heterocycles. The minimum absolute atomic E-state index is 0.231. The summed E-state index contributed by atoms with van der Waals surface area (Å²) >= 11 is 5.95. The van der Waals surface area contributed by atoms with E-state index in [0.29, 0.717) is 17.2 Å². The van der Waals surface area contributed by atoms with Crippen molar-refractivity contribution in [3.63, 3.8) is 0 Å². The Morgan fingerprint density at radius 1 is 1.20 bits per heavy atom. The molecule has 0 aliphatic carbocycles. The number of nitrogens with zero attached hydrogens (tertiary/aromatic N) is 3. The van der Waals surface area contributed by atoms with Gasteiger partial charge in [-0.05, 0) is 43.5 Å². The highest BCUT2D eigenvalue weighted by atomic mass is 35.5. The Morgan fingerprint density at radius 2 is 1.90 bits per heavy atom. The van der Waals surface area contributed by atoms with Crippen LogP contribution >= 0.6 is 11.6 Å². The molecule has 5 heteroatoms. The van der Waals surface area contributed by atoms with E-state index < -0.39 is 0 Å². The summed E-state index contributed by atoms with van der Waals surface area (Å²) in [5.74, 6) is 0.702. The Morgan fingerprint density at radius 3 is 2.55 bits per heavy atom. The number of rotatable bonds is 4. The number of aryl methyl sites for hydroxylation is 2. The van der Waals surface area contributed by atoms with E-state index in [-0.39, 0.29) is 5.28 Å². The zero-order valence-corrected chi connectivity index (χ0v) is 12.8. The van der Waals surface area contributed by atoms with E-state index in [0.717, 1.165) is 13.1 Å². The molecule has 0 aliphatic heterocycles. The van der Waals surface area contributed by atoms with Crippen LogP contribution < -0.4 is 10.6 Å². The lowest BCUT2D eigenvalue weighted by Crippen LogP contribution is -2.25. The van der Waals surface area contributed by atoms with Crippen molar-refractivity contribution in [3.05, 3.63) is 46.4 Å². The monoisotopic (exact) mass is 290 g/mol. The maximum absolute atomic E-state index is 6.09. The molecule has 0 spiro atoms. The van der Waals surface area contributed by atoms with E-state index in [1.807, 2.05) is 19.1 Å². The minimum atomic E-state index is 0.231. The largest absolute Gasteiger partial charge is 0.394 e. The number of hydrogen-bond donors (Lipinski definition) is 1. The number of nitrogen functional groups attached to an aromatic ring is 1. The van der Waals surface area contributed by atoms with Crippen molar-refractivity contribution in [3.8, 4) is 0 Å². The third-order valence-electron chi connectivity index (χ3n) is 3.39. The molecular weight excluding hydrogens is 272 g/mol. The van der Waals surface area contributed by atoms with Crippen molar-refractivity contribution in [2.75, 3.05) is 17.2 Å². The Kier molecular flexibility index (Phi) is 4.45. The summed E-state index contributed by atoms with van der Waals surface area (Å²) in [7, 11) is 0. The minimum Gasteiger partial charge on any atom is -0.394 e. The number of anilines is 2. The van der Waals surface area contributed by atoms with E-state index in [2.05, 4.69) is 40.8 Å². The lowest BCUT2D eigenvalue weighted by molar-refractivity contribution is 0.806. The van der Waals surface area contributed by atoms with Gasteiger partial charge in [-0.1, -0.05) is 24.3 Å². The third-order valence-corrected chi connectivity index (χ3v) is 3.56. The average molecular weight is 291 g/mol. The van der Waals surface area contributed by atoms with Crippen LogP contribution in [0.3, 0.4) is 0 Å². The standard InChI is InChI=1S/C15H19ClN4/c1-4-20(9-12-8-6-5-7-10(12)2)14-13(17)11(3)18-15(16)19-14/h5-8H,4,9,17H2,1-3H3. The average Bonchev–Trinajstić information content (AvgIpc) is 2.42. The molecule has 0 saturated carbocycles. The molecule has 0 amide bonds. The molecular formula is C15H19ClN4. The first kappa shape index (κ1) is 14.6. The van der Waals surface area contributed by atoms with Crippen molar-refractivity contribution in [1.82, 2.24) is 9.97 Å². The molecule has 2 N–H and O–H groups in total. The van der Waals surface area contributed by atoms with Gasteiger partial charge in [0.05, 0.1) is 11.4 Å². The van der Waals surface area contributed by atoms with Crippen LogP contribution in [0.5, 0.6) is 0 Å². The van der Waals surface area contributed by atoms with Gasteiger partial charge in [0.2, 0.25) is 5.28 Å². The SMILES string of the molecule is CCN(Cc1ccccc1C)c1nc(Cl)nc(C)c1N. The summed E-state index contributed by atoms with van der Waals surface area (Å²) in [6.07, 6.45) is 0. The van der Waals surface area contributed by atoms with Gasteiger partial charge in [-0.3, -0.25) is 0 Å². The number of nitrogens with two attached hydrogens (primary N) is 1. The number of aromatic nitrogens is 2. The molecule has 0 aliphatic rings. The molecule has 0 bridgehead atoms. The third kappa shape index (κ3) is 3.02. The summed E-state index contributed by atoms with van der Waals surface area (Å²) in [5.41, 5.74) is 9.90. The van der Waals surface area contributed by atoms with E-state index in [1.54, 1.807) is 0 Å². The topological polar surface area (TPSA) is 55.0 Å². The summed E-state index contributed by atoms with van der Waals surface area (Å²) in [4.78, 5) is 10.5. The second kappa shape index (κ2) is 6.09. The van der Waals surface area contributed by atoms with E-state index in [4.69, 9.17) is 17.3 Å². The maximum atomic E-state index is 6.09. The molecule has 4 nitrogen and oxygen atoms in total. The number of halogens is 1. The molecule has 2 aromatic rings. The van der Waals surface area contributed by atoms with Crippen LogP contribution in [0.4, 0.5) is 11.5 Å². The van der Waals surface area contributed by atoms with E-state index in [9.17, 15) is 0 Å². The predicted molar refractivity (Wildman–Crippen MR) is 84.1 cm³/mol. The second-order valence-corrected chi connectivity index (χ2v) is 5.09. The van der Waals surface area contributed by atoms with E-state index >= 15 is 0 Å². The van der Waals surface area contributed by atoms with Gasteiger partial charge in [-0.2, -0.15) is 4.98 Å². The van der Waals surface area contributed by atoms with Crippen molar-refractivity contribution >= 4 is 23.1 Å². The molecule has 0 saturated heterocycles. The highest BCUT2D eigenvalue weighted by Crippen LogP contribution is 2.26. The molecule has 0 unspecified atom stereocenters. The van der Waals surface area contributed by atoms with Crippen molar-refractivity contribution < 1.29 is 0 Å². The molecule has 1 aromatic carbocycles. The fourth-order valence-corrected chi connectivity index (χ4v) is 2.31. The predicted octanol–water partition coefficient (Wildman–Crippen LogP) is 3.36. The zero-order chi connectivity index (χ0) is 14.7.